The predicted molar refractivity (Wildman–Crippen MR) is 68.4 cm³/mol. The third kappa shape index (κ3) is 2.97. The predicted octanol–water partition coefficient (Wildman–Crippen LogP) is 1.84. The van der Waals surface area contributed by atoms with Gasteiger partial charge in [-0.2, -0.15) is 0 Å². The first-order valence-corrected chi connectivity index (χ1v) is 5.50. The van der Waals surface area contributed by atoms with Gasteiger partial charge in [-0.1, -0.05) is 0 Å². The zero-order valence-corrected chi connectivity index (χ0v) is 10.3. The van der Waals surface area contributed by atoms with Crippen LogP contribution < -0.4 is 5.32 Å². The molecule has 0 aliphatic rings. The molecule has 0 aliphatic heterocycles. The van der Waals surface area contributed by atoms with Gasteiger partial charge in [-0.3, -0.25) is 14.9 Å². The lowest BCUT2D eigenvalue weighted by Crippen LogP contribution is -2.11. The minimum Gasteiger partial charge on any atom is -0.506 e. The van der Waals surface area contributed by atoms with Crippen molar-refractivity contribution in [1.82, 2.24) is 0 Å². The normalized spacial score (nSPS) is 10.1. The van der Waals surface area contributed by atoms with Gasteiger partial charge in [0.15, 0.2) is 5.76 Å². The lowest BCUT2D eigenvalue weighted by molar-refractivity contribution is -0.402. The Morgan fingerprint density at radius 3 is 2.48 bits per heavy atom. The molecule has 108 valence electrons. The number of phenolic OH excluding ortho intramolecular Hbond substituents is 1. The van der Waals surface area contributed by atoms with Crippen molar-refractivity contribution < 1.29 is 29.1 Å². The fourth-order valence-electron chi connectivity index (χ4n) is 1.50. The highest BCUT2D eigenvalue weighted by Gasteiger charge is 2.18. The largest absolute Gasteiger partial charge is 0.506 e. The molecule has 0 spiro atoms. The van der Waals surface area contributed by atoms with E-state index in [0.29, 0.717) is 0 Å². The Morgan fingerprint density at radius 2 is 1.95 bits per heavy atom. The van der Waals surface area contributed by atoms with E-state index in [-0.39, 0.29) is 17.0 Å². The van der Waals surface area contributed by atoms with Crippen LogP contribution in [0, 0.1) is 10.1 Å². The van der Waals surface area contributed by atoms with Crippen LogP contribution in [0.25, 0.3) is 0 Å². The number of aromatic hydroxyl groups is 1. The summed E-state index contributed by atoms with van der Waals surface area (Å²) in [5, 5.41) is 31.0. The number of carbonyl (C=O) groups excluding carboxylic acids is 1. The van der Waals surface area contributed by atoms with Crippen LogP contribution in [0.15, 0.2) is 34.7 Å². The van der Waals surface area contributed by atoms with E-state index in [1.807, 2.05) is 0 Å². The summed E-state index contributed by atoms with van der Waals surface area (Å²) in [6.07, 6.45) is 0. The quantitative estimate of drug-likeness (QED) is 0.443. The Balaban J connectivity index is 2.19. The van der Waals surface area contributed by atoms with Gasteiger partial charge in [0, 0.05) is 0 Å². The monoisotopic (exact) mass is 292 g/mol. The minimum atomic E-state index is -1.23. The second-order valence-electron chi connectivity index (χ2n) is 3.89. The maximum atomic E-state index is 11.8. The van der Waals surface area contributed by atoms with Crippen LogP contribution >= 0.6 is 0 Å². The molecule has 0 saturated heterocycles. The van der Waals surface area contributed by atoms with Crippen LogP contribution in [-0.4, -0.2) is 27.0 Å². The maximum absolute atomic E-state index is 11.8. The number of nitrogens with zero attached hydrogens (tertiary/aromatic N) is 1. The van der Waals surface area contributed by atoms with Crippen LogP contribution in [0.2, 0.25) is 0 Å². The lowest BCUT2D eigenvalue weighted by atomic mass is 10.2. The van der Waals surface area contributed by atoms with Crippen molar-refractivity contribution >= 4 is 23.4 Å². The van der Waals surface area contributed by atoms with Gasteiger partial charge < -0.3 is 19.9 Å². The van der Waals surface area contributed by atoms with Crippen molar-refractivity contribution in [3.05, 3.63) is 51.8 Å². The van der Waals surface area contributed by atoms with Crippen molar-refractivity contribution in [1.29, 1.82) is 0 Å². The van der Waals surface area contributed by atoms with Crippen molar-refractivity contribution in [2.45, 2.75) is 0 Å². The Hall–Kier alpha value is -3.36. The van der Waals surface area contributed by atoms with Crippen LogP contribution in [0.5, 0.6) is 5.75 Å². The second-order valence-corrected chi connectivity index (χ2v) is 3.89. The average molecular weight is 292 g/mol. The lowest BCUT2D eigenvalue weighted by Gasteiger charge is -2.06. The summed E-state index contributed by atoms with van der Waals surface area (Å²) in [6.45, 7) is 0. The van der Waals surface area contributed by atoms with Gasteiger partial charge in [-0.05, 0) is 24.3 Å². The number of nitrogens with one attached hydrogen (secondary N) is 1. The minimum absolute atomic E-state index is 0.0518. The molecule has 0 fully saturated rings. The third-order valence-corrected chi connectivity index (χ3v) is 2.49. The first-order chi connectivity index (χ1) is 9.88. The van der Waals surface area contributed by atoms with E-state index >= 15 is 0 Å². The summed E-state index contributed by atoms with van der Waals surface area (Å²) in [5.41, 5.74) is -0.205. The molecule has 2 rings (SSSR count). The number of furan rings is 1. The van der Waals surface area contributed by atoms with Gasteiger partial charge in [0.2, 0.25) is 0 Å². The molecular weight excluding hydrogens is 284 g/mol. The molecule has 0 unspecified atom stereocenters. The number of amides is 1. The summed E-state index contributed by atoms with van der Waals surface area (Å²) in [4.78, 5) is 32.1. The highest BCUT2D eigenvalue weighted by molar-refractivity contribution is 6.03. The van der Waals surface area contributed by atoms with Gasteiger partial charge in [0.1, 0.15) is 10.7 Å². The number of hydrogen-bond donors (Lipinski definition) is 3. The zero-order valence-electron chi connectivity index (χ0n) is 10.3. The van der Waals surface area contributed by atoms with Gasteiger partial charge in [-0.25, -0.2) is 4.79 Å². The number of carboxylic acid groups (broad SMARTS) is 1. The van der Waals surface area contributed by atoms with Crippen LogP contribution in [0.3, 0.4) is 0 Å². The molecule has 21 heavy (non-hydrogen) atoms. The maximum Gasteiger partial charge on any atom is 0.433 e. The second kappa shape index (κ2) is 5.33. The number of benzene rings is 1. The smallest absolute Gasteiger partial charge is 0.433 e. The van der Waals surface area contributed by atoms with Crippen LogP contribution in [0.4, 0.5) is 11.6 Å². The SMILES string of the molecule is O=C(O)c1ccc(NC(=O)c2ccc([N+](=O)[O-])o2)c(O)c1. The molecule has 1 aromatic heterocycles. The molecule has 2 aromatic rings. The average Bonchev–Trinajstić information content (AvgIpc) is 2.90. The summed E-state index contributed by atoms with van der Waals surface area (Å²) in [5.74, 6) is -3.41. The number of aromatic carboxylic acids is 1. The molecule has 0 bridgehead atoms. The summed E-state index contributed by atoms with van der Waals surface area (Å²) >= 11 is 0. The Bertz CT molecular complexity index is 735. The van der Waals surface area contributed by atoms with E-state index in [0.717, 1.165) is 18.2 Å². The Morgan fingerprint density at radius 1 is 1.24 bits per heavy atom. The molecule has 1 amide bonds. The number of carbonyl (C=O) groups is 2. The summed E-state index contributed by atoms with van der Waals surface area (Å²) in [7, 11) is 0. The molecular formula is C12H8N2O7. The van der Waals surface area contributed by atoms with Crippen LogP contribution in [-0.2, 0) is 0 Å². The highest BCUT2D eigenvalue weighted by atomic mass is 16.6. The van der Waals surface area contributed by atoms with Crippen molar-refractivity contribution in [2.75, 3.05) is 5.32 Å². The highest BCUT2D eigenvalue weighted by Crippen LogP contribution is 2.25. The third-order valence-electron chi connectivity index (χ3n) is 2.49. The van der Waals surface area contributed by atoms with Gasteiger partial charge in [0.25, 0.3) is 5.91 Å². The summed E-state index contributed by atoms with van der Waals surface area (Å²) < 4.78 is 4.69. The van der Waals surface area contributed by atoms with Crippen molar-refractivity contribution in [3.8, 4) is 5.75 Å². The number of nitro groups is 1. The van der Waals surface area contributed by atoms with Gasteiger partial charge in [0.05, 0.1) is 17.3 Å². The molecule has 9 heteroatoms. The van der Waals surface area contributed by atoms with Crippen LogP contribution in [0.1, 0.15) is 20.9 Å². The molecule has 3 N–H and O–H groups in total. The number of carboxylic acids is 1. The number of rotatable bonds is 4. The van der Waals surface area contributed by atoms with E-state index in [1.165, 1.54) is 12.1 Å². The number of phenols is 1. The fraction of sp³-hybridized carbons (Fsp3) is 0. The molecule has 0 atom stereocenters. The molecule has 1 aromatic carbocycles. The molecule has 0 aliphatic carbocycles. The standard InChI is InChI=1S/C12H8N2O7/c15-8-5-6(12(17)18)1-2-7(8)13-11(16)9-3-4-10(21-9)14(19)20/h1-5,15H,(H,13,16)(H,17,18). The van der Waals surface area contributed by atoms with E-state index in [2.05, 4.69) is 5.32 Å². The Labute approximate surface area is 116 Å². The van der Waals surface area contributed by atoms with Gasteiger partial charge in [-0.15, -0.1) is 0 Å². The number of hydrogen-bond acceptors (Lipinski definition) is 6. The van der Waals surface area contributed by atoms with Gasteiger partial charge >= 0.3 is 11.9 Å². The zero-order chi connectivity index (χ0) is 15.6. The first-order valence-electron chi connectivity index (χ1n) is 5.50. The van der Waals surface area contributed by atoms with E-state index < -0.39 is 28.4 Å². The van der Waals surface area contributed by atoms with Crippen molar-refractivity contribution in [2.24, 2.45) is 0 Å². The fourth-order valence-corrected chi connectivity index (χ4v) is 1.50. The van der Waals surface area contributed by atoms with Crippen molar-refractivity contribution in [3.63, 3.8) is 0 Å². The molecule has 0 radical (unpaired) electrons. The molecule has 1 heterocycles. The van der Waals surface area contributed by atoms with E-state index in [1.54, 1.807) is 0 Å². The topological polar surface area (TPSA) is 143 Å². The summed E-state index contributed by atoms with van der Waals surface area (Å²) in [6, 6.07) is 5.46. The first kappa shape index (κ1) is 14.1. The van der Waals surface area contributed by atoms with E-state index in [4.69, 9.17) is 9.52 Å². The molecule has 9 nitrogen and oxygen atoms in total. The van der Waals surface area contributed by atoms with E-state index in [9.17, 15) is 24.8 Å². The Kier molecular flexibility index (Phi) is 3.57. The number of anilines is 1. The molecule has 0 saturated carbocycles.